The number of carbonyl (C=O) groups excluding carboxylic acids is 1. The van der Waals surface area contributed by atoms with Crippen LogP contribution in [-0.4, -0.2) is 25.8 Å². The molecule has 1 aromatic heterocycles. The molecule has 0 unspecified atom stereocenters. The van der Waals surface area contributed by atoms with E-state index in [0.29, 0.717) is 11.6 Å². The number of thioether (sulfide) groups is 1. The fourth-order valence-corrected chi connectivity index (χ4v) is 4.29. The van der Waals surface area contributed by atoms with Crippen LogP contribution in [0.1, 0.15) is 61.3 Å². The fourth-order valence-electron chi connectivity index (χ4n) is 3.25. The van der Waals surface area contributed by atoms with Crippen LogP contribution in [0, 0.1) is 12.7 Å². The first-order chi connectivity index (χ1) is 11.6. The molecule has 6 heteroatoms. The van der Waals surface area contributed by atoms with Gasteiger partial charge in [0.15, 0.2) is 10.9 Å². The molecule has 3 rings (SSSR count). The number of benzene rings is 1. The molecule has 0 radical (unpaired) electrons. The molecule has 0 aliphatic heterocycles. The summed E-state index contributed by atoms with van der Waals surface area (Å²) < 4.78 is 15.2. The van der Waals surface area contributed by atoms with Crippen molar-refractivity contribution in [2.45, 2.75) is 62.4 Å². The number of carbonyl (C=O) groups is 1. The van der Waals surface area contributed by atoms with Crippen molar-refractivity contribution in [1.29, 1.82) is 0 Å². The van der Waals surface area contributed by atoms with Gasteiger partial charge in [-0.15, -0.1) is 10.2 Å². The number of aromatic nitrogens is 3. The Morgan fingerprint density at radius 3 is 2.54 bits per heavy atom. The standard InChI is InChI=1S/C18H22FN3OS/c1-12(17(23)14-8-10-15(19)11-9-14)24-18-21-20-13(2)22(18)16-6-4-3-5-7-16/h8-12,16H,3-7H2,1-2H3/t12-/m1/s1. The molecule has 0 bridgehead atoms. The first-order valence-electron chi connectivity index (χ1n) is 8.44. The largest absolute Gasteiger partial charge is 0.303 e. The second-order valence-electron chi connectivity index (χ2n) is 6.32. The maximum atomic E-state index is 13.0. The van der Waals surface area contributed by atoms with E-state index in [4.69, 9.17) is 0 Å². The molecule has 0 spiro atoms. The Labute approximate surface area is 145 Å². The normalized spacial score (nSPS) is 17.0. The van der Waals surface area contributed by atoms with Crippen molar-refractivity contribution >= 4 is 17.5 Å². The molecule has 24 heavy (non-hydrogen) atoms. The van der Waals surface area contributed by atoms with Crippen molar-refractivity contribution < 1.29 is 9.18 Å². The van der Waals surface area contributed by atoms with E-state index in [9.17, 15) is 9.18 Å². The van der Waals surface area contributed by atoms with E-state index in [1.54, 1.807) is 0 Å². The molecule has 1 fully saturated rings. The van der Waals surface area contributed by atoms with Gasteiger partial charge < -0.3 is 4.57 Å². The van der Waals surface area contributed by atoms with Gasteiger partial charge in [-0.1, -0.05) is 31.0 Å². The Bertz CT molecular complexity index is 708. The molecule has 1 heterocycles. The highest BCUT2D eigenvalue weighted by molar-refractivity contribution is 8.00. The highest BCUT2D eigenvalue weighted by Gasteiger charge is 2.25. The zero-order chi connectivity index (χ0) is 17.1. The van der Waals surface area contributed by atoms with Crippen LogP contribution in [-0.2, 0) is 0 Å². The van der Waals surface area contributed by atoms with Gasteiger partial charge in [-0.05, 0) is 51.0 Å². The van der Waals surface area contributed by atoms with Crippen molar-refractivity contribution in [3.8, 4) is 0 Å². The number of rotatable bonds is 5. The second-order valence-corrected chi connectivity index (χ2v) is 7.63. The summed E-state index contributed by atoms with van der Waals surface area (Å²) in [5, 5.41) is 9.02. The summed E-state index contributed by atoms with van der Waals surface area (Å²) in [6.45, 7) is 3.84. The summed E-state index contributed by atoms with van der Waals surface area (Å²) in [7, 11) is 0. The zero-order valence-corrected chi connectivity index (χ0v) is 14.9. The van der Waals surface area contributed by atoms with Crippen molar-refractivity contribution in [2.24, 2.45) is 0 Å². The third kappa shape index (κ3) is 3.69. The predicted molar refractivity (Wildman–Crippen MR) is 92.9 cm³/mol. The smallest absolute Gasteiger partial charge is 0.192 e. The number of hydrogen-bond acceptors (Lipinski definition) is 4. The lowest BCUT2D eigenvalue weighted by Gasteiger charge is -2.25. The Kier molecular flexibility index (Phi) is 5.33. The predicted octanol–water partition coefficient (Wildman–Crippen LogP) is 4.59. The lowest BCUT2D eigenvalue weighted by molar-refractivity contribution is 0.0993. The molecule has 0 N–H and O–H groups in total. The lowest BCUT2D eigenvalue weighted by atomic mass is 9.95. The van der Waals surface area contributed by atoms with Gasteiger partial charge in [0.25, 0.3) is 0 Å². The topological polar surface area (TPSA) is 47.8 Å². The lowest BCUT2D eigenvalue weighted by Crippen LogP contribution is -2.18. The van der Waals surface area contributed by atoms with Crippen molar-refractivity contribution in [3.63, 3.8) is 0 Å². The molecule has 0 amide bonds. The summed E-state index contributed by atoms with van der Waals surface area (Å²) in [5.41, 5.74) is 0.525. The number of halogens is 1. The van der Waals surface area contributed by atoms with Gasteiger partial charge >= 0.3 is 0 Å². The van der Waals surface area contributed by atoms with Crippen LogP contribution < -0.4 is 0 Å². The van der Waals surface area contributed by atoms with Gasteiger partial charge in [0, 0.05) is 11.6 Å². The van der Waals surface area contributed by atoms with E-state index in [2.05, 4.69) is 14.8 Å². The van der Waals surface area contributed by atoms with E-state index in [-0.39, 0.29) is 16.9 Å². The SMILES string of the molecule is Cc1nnc(S[C@H](C)C(=O)c2ccc(F)cc2)n1C1CCCCC1. The van der Waals surface area contributed by atoms with E-state index in [1.165, 1.54) is 55.3 Å². The third-order valence-electron chi connectivity index (χ3n) is 4.55. The van der Waals surface area contributed by atoms with Crippen LogP contribution in [0.4, 0.5) is 4.39 Å². The number of nitrogens with zero attached hydrogens (tertiary/aromatic N) is 3. The van der Waals surface area contributed by atoms with Crippen molar-refractivity contribution in [1.82, 2.24) is 14.8 Å². The molecule has 1 aromatic carbocycles. The van der Waals surface area contributed by atoms with Gasteiger partial charge in [0.05, 0.1) is 5.25 Å². The second kappa shape index (κ2) is 7.47. The van der Waals surface area contributed by atoms with Crippen molar-refractivity contribution in [2.75, 3.05) is 0 Å². The molecular weight excluding hydrogens is 325 g/mol. The minimum atomic E-state index is -0.334. The average molecular weight is 347 g/mol. The van der Waals surface area contributed by atoms with Gasteiger partial charge in [-0.2, -0.15) is 0 Å². The van der Waals surface area contributed by atoms with E-state index in [0.717, 1.165) is 23.8 Å². The number of ketones is 1. The van der Waals surface area contributed by atoms with E-state index in [1.807, 2.05) is 13.8 Å². The summed E-state index contributed by atoms with van der Waals surface area (Å²) in [6, 6.07) is 6.14. The van der Waals surface area contributed by atoms with Gasteiger partial charge in [0.1, 0.15) is 11.6 Å². The summed E-state index contributed by atoms with van der Waals surface area (Å²) in [4.78, 5) is 12.6. The van der Waals surface area contributed by atoms with Gasteiger partial charge in [-0.25, -0.2) is 4.39 Å². The molecule has 1 atom stereocenters. The zero-order valence-electron chi connectivity index (χ0n) is 14.0. The van der Waals surface area contributed by atoms with Crippen LogP contribution in [0.2, 0.25) is 0 Å². The highest BCUT2D eigenvalue weighted by atomic mass is 32.2. The summed E-state index contributed by atoms with van der Waals surface area (Å²) in [6.07, 6.45) is 6.05. The van der Waals surface area contributed by atoms with Crippen LogP contribution in [0.5, 0.6) is 0 Å². The molecular formula is C18H22FN3OS. The van der Waals surface area contributed by atoms with Crippen LogP contribution >= 0.6 is 11.8 Å². The Morgan fingerprint density at radius 2 is 1.88 bits per heavy atom. The molecule has 1 saturated carbocycles. The Balaban J connectivity index is 1.75. The first-order valence-corrected chi connectivity index (χ1v) is 9.32. The van der Waals surface area contributed by atoms with Crippen molar-refractivity contribution in [3.05, 3.63) is 41.5 Å². The highest BCUT2D eigenvalue weighted by Crippen LogP contribution is 2.34. The Hall–Kier alpha value is -1.69. The summed E-state index contributed by atoms with van der Waals surface area (Å²) >= 11 is 1.44. The average Bonchev–Trinajstić information content (AvgIpc) is 2.96. The van der Waals surface area contributed by atoms with Crippen LogP contribution in [0.25, 0.3) is 0 Å². The molecule has 1 aliphatic rings. The van der Waals surface area contributed by atoms with Crippen LogP contribution in [0.15, 0.2) is 29.4 Å². The molecule has 0 saturated heterocycles. The van der Waals surface area contributed by atoms with E-state index >= 15 is 0 Å². The first kappa shape index (κ1) is 17.1. The number of Topliss-reactive ketones (excluding diaryl/α,β-unsaturated/α-hetero) is 1. The molecule has 1 aliphatic carbocycles. The molecule has 2 aromatic rings. The maximum absolute atomic E-state index is 13.0. The van der Waals surface area contributed by atoms with Gasteiger partial charge in [0.2, 0.25) is 0 Å². The fraction of sp³-hybridized carbons (Fsp3) is 0.500. The maximum Gasteiger partial charge on any atom is 0.192 e. The molecule has 128 valence electrons. The van der Waals surface area contributed by atoms with E-state index < -0.39 is 0 Å². The summed E-state index contributed by atoms with van der Waals surface area (Å²) in [5.74, 6) is 0.557. The molecule has 4 nitrogen and oxygen atoms in total. The minimum Gasteiger partial charge on any atom is -0.303 e. The number of aryl methyl sites for hydroxylation is 1. The monoisotopic (exact) mass is 347 g/mol. The third-order valence-corrected chi connectivity index (χ3v) is 5.61. The Morgan fingerprint density at radius 1 is 1.21 bits per heavy atom. The van der Waals surface area contributed by atoms with Gasteiger partial charge in [-0.3, -0.25) is 4.79 Å². The number of hydrogen-bond donors (Lipinski definition) is 0. The minimum absolute atomic E-state index is 0.0177. The van der Waals surface area contributed by atoms with Crippen LogP contribution in [0.3, 0.4) is 0 Å². The quantitative estimate of drug-likeness (QED) is 0.586.